The number of carbonyl (C=O) groups excluding carboxylic acids is 1. The van der Waals surface area contributed by atoms with Gasteiger partial charge in [0.15, 0.2) is 23.3 Å². The van der Waals surface area contributed by atoms with Crippen LogP contribution in [0.5, 0.6) is 0 Å². The molecule has 0 radical (unpaired) electrons. The summed E-state index contributed by atoms with van der Waals surface area (Å²) in [7, 11) is 1.14. The van der Waals surface area contributed by atoms with Gasteiger partial charge in [-0.25, -0.2) is 27.5 Å². The van der Waals surface area contributed by atoms with Crippen molar-refractivity contribution in [3.05, 3.63) is 58.2 Å². The predicted octanol–water partition coefficient (Wildman–Crippen LogP) is 6.27. The Hall–Kier alpha value is -2.55. The molecule has 9 heteroatoms. The highest BCUT2D eigenvalue weighted by Crippen LogP contribution is 2.39. The minimum Gasteiger partial charge on any atom is -0.460 e. The predicted molar refractivity (Wildman–Crippen MR) is 121 cm³/mol. The number of rotatable bonds is 7. The van der Waals surface area contributed by atoms with Crippen molar-refractivity contribution in [1.82, 2.24) is 9.97 Å². The molecule has 0 N–H and O–H groups in total. The van der Waals surface area contributed by atoms with Crippen molar-refractivity contribution in [3.8, 4) is 0 Å². The summed E-state index contributed by atoms with van der Waals surface area (Å²) >= 11 is 0. The van der Waals surface area contributed by atoms with Gasteiger partial charge in [-0.05, 0) is 18.3 Å². The van der Waals surface area contributed by atoms with E-state index in [0.29, 0.717) is 11.4 Å². The lowest BCUT2D eigenvalue weighted by molar-refractivity contribution is -0.149. The standard InChI is InChI=1S/C26H32F4N2O3/c1-25(2,3)18(15-11-31-24(32-12-15)26(4)9-7-6-8-10-26)23(33)35-14-17-21(29)19(27)16(13-34-5)20(28)22(17)30/h11-12,18H,6-10,13-14H2,1-5H3. The minimum atomic E-state index is -1.62. The van der Waals surface area contributed by atoms with Gasteiger partial charge < -0.3 is 9.47 Å². The molecule has 1 atom stereocenters. The molecule has 192 valence electrons. The van der Waals surface area contributed by atoms with E-state index in [1.54, 1.807) is 33.2 Å². The summed E-state index contributed by atoms with van der Waals surface area (Å²) in [6, 6.07) is 0. The van der Waals surface area contributed by atoms with E-state index < -0.39 is 64.9 Å². The molecule has 0 aliphatic heterocycles. The summed E-state index contributed by atoms with van der Waals surface area (Å²) in [4.78, 5) is 22.1. The molecular formula is C26H32F4N2O3. The van der Waals surface area contributed by atoms with Crippen LogP contribution in [0.2, 0.25) is 0 Å². The fraction of sp³-hybridized carbons (Fsp3) is 0.577. The second-order valence-corrected chi connectivity index (χ2v) is 10.5. The lowest BCUT2D eigenvalue weighted by atomic mass is 9.74. The van der Waals surface area contributed by atoms with Crippen LogP contribution in [0.4, 0.5) is 17.6 Å². The molecule has 1 heterocycles. The van der Waals surface area contributed by atoms with Crippen LogP contribution in [0.3, 0.4) is 0 Å². The number of hydrogen-bond donors (Lipinski definition) is 0. The summed E-state index contributed by atoms with van der Waals surface area (Å²) in [6.07, 6.45) is 8.56. The molecular weight excluding hydrogens is 464 g/mol. The van der Waals surface area contributed by atoms with Gasteiger partial charge >= 0.3 is 5.97 Å². The van der Waals surface area contributed by atoms with Gasteiger partial charge in [0.1, 0.15) is 12.4 Å². The molecule has 0 spiro atoms. The Balaban J connectivity index is 1.84. The van der Waals surface area contributed by atoms with Gasteiger partial charge in [0.2, 0.25) is 0 Å². The molecule has 0 saturated heterocycles. The first-order valence-corrected chi connectivity index (χ1v) is 11.7. The number of carbonyl (C=O) groups is 1. The van der Waals surface area contributed by atoms with Gasteiger partial charge in [-0.2, -0.15) is 0 Å². The van der Waals surface area contributed by atoms with E-state index in [4.69, 9.17) is 4.74 Å². The Morgan fingerprint density at radius 3 is 1.89 bits per heavy atom. The number of nitrogens with zero attached hydrogens (tertiary/aromatic N) is 2. The van der Waals surface area contributed by atoms with Gasteiger partial charge in [-0.1, -0.05) is 47.0 Å². The summed E-state index contributed by atoms with van der Waals surface area (Å²) < 4.78 is 67.1. The zero-order valence-electron chi connectivity index (χ0n) is 20.8. The van der Waals surface area contributed by atoms with Crippen LogP contribution in [0.25, 0.3) is 0 Å². The zero-order valence-corrected chi connectivity index (χ0v) is 20.8. The average molecular weight is 497 g/mol. The molecule has 1 aliphatic rings. The maximum atomic E-state index is 14.4. The van der Waals surface area contributed by atoms with Crippen molar-refractivity contribution >= 4 is 5.97 Å². The number of esters is 1. The number of aromatic nitrogens is 2. The van der Waals surface area contributed by atoms with Gasteiger partial charge in [0.05, 0.1) is 23.7 Å². The second kappa shape index (κ2) is 10.6. The first kappa shape index (κ1) is 27.0. The highest BCUT2D eigenvalue weighted by atomic mass is 19.2. The maximum absolute atomic E-state index is 14.4. The zero-order chi connectivity index (χ0) is 26.0. The first-order valence-electron chi connectivity index (χ1n) is 11.7. The van der Waals surface area contributed by atoms with Crippen molar-refractivity contribution in [1.29, 1.82) is 0 Å². The van der Waals surface area contributed by atoms with E-state index in [2.05, 4.69) is 21.6 Å². The lowest BCUT2D eigenvalue weighted by Crippen LogP contribution is -2.30. The topological polar surface area (TPSA) is 61.3 Å². The SMILES string of the molecule is COCc1c(F)c(F)c(COC(=O)C(c2cnc(C3(C)CCCCC3)nc2)C(C)(C)C)c(F)c1F. The third-order valence-corrected chi connectivity index (χ3v) is 6.70. The van der Waals surface area contributed by atoms with Crippen molar-refractivity contribution < 1.29 is 31.8 Å². The van der Waals surface area contributed by atoms with E-state index in [-0.39, 0.29) is 5.41 Å². The normalized spacial score (nSPS) is 16.7. The minimum absolute atomic E-state index is 0.118. The molecule has 1 saturated carbocycles. The number of methoxy groups -OCH3 is 1. The number of benzene rings is 1. The summed E-state index contributed by atoms with van der Waals surface area (Å²) in [6.45, 7) is 5.92. The van der Waals surface area contributed by atoms with Crippen LogP contribution in [0.1, 0.15) is 88.2 Å². The Morgan fingerprint density at radius 1 is 0.943 bits per heavy atom. The van der Waals surface area contributed by atoms with E-state index in [1.807, 2.05) is 0 Å². The van der Waals surface area contributed by atoms with E-state index in [1.165, 1.54) is 6.42 Å². The fourth-order valence-corrected chi connectivity index (χ4v) is 4.69. The van der Waals surface area contributed by atoms with Crippen LogP contribution in [-0.2, 0) is 32.9 Å². The Kier molecular flexibility index (Phi) is 8.19. The lowest BCUT2D eigenvalue weighted by Gasteiger charge is -2.33. The Morgan fingerprint density at radius 2 is 1.43 bits per heavy atom. The van der Waals surface area contributed by atoms with Crippen LogP contribution in [-0.4, -0.2) is 23.0 Å². The fourth-order valence-electron chi connectivity index (χ4n) is 4.69. The Bertz CT molecular complexity index is 1030. The van der Waals surface area contributed by atoms with Crippen molar-refractivity contribution in [2.45, 2.75) is 84.3 Å². The van der Waals surface area contributed by atoms with Crippen LogP contribution in [0.15, 0.2) is 12.4 Å². The monoisotopic (exact) mass is 496 g/mol. The van der Waals surface area contributed by atoms with E-state index in [0.717, 1.165) is 32.8 Å². The van der Waals surface area contributed by atoms with Gasteiger partial charge in [-0.3, -0.25) is 4.79 Å². The highest BCUT2D eigenvalue weighted by molar-refractivity contribution is 5.79. The van der Waals surface area contributed by atoms with Crippen molar-refractivity contribution in [2.24, 2.45) is 5.41 Å². The first-order chi connectivity index (χ1) is 16.4. The van der Waals surface area contributed by atoms with Gasteiger partial charge in [0, 0.05) is 30.5 Å². The third-order valence-electron chi connectivity index (χ3n) is 6.70. The average Bonchev–Trinajstić information content (AvgIpc) is 2.80. The molecule has 1 aromatic carbocycles. The maximum Gasteiger partial charge on any atom is 0.314 e. The van der Waals surface area contributed by atoms with Crippen LogP contribution >= 0.6 is 0 Å². The van der Waals surface area contributed by atoms with Crippen molar-refractivity contribution in [3.63, 3.8) is 0 Å². The van der Waals surface area contributed by atoms with Gasteiger partial charge in [-0.15, -0.1) is 0 Å². The molecule has 1 fully saturated rings. The quantitative estimate of drug-likeness (QED) is 0.257. The third kappa shape index (κ3) is 5.66. The molecule has 3 rings (SSSR count). The van der Waals surface area contributed by atoms with Crippen molar-refractivity contribution in [2.75, 3.05) is 7.11 Å². The summed E-state index contributed by atoms with van der Waals surface area (Å²) in [5.74, 6) is -7.36. The molecule has 0 bridgehead atoms. The molecule has 0 amide bonds. The molecule has 5 nitrogen and oxygen atoms in total. The van der Waals surface area contributed by atoms with Crippen LogP contribution < -0.4 is 0 Å². The number of halogens is 4. The second-order valence-electron chi connectivity index (χ2n) is 10.5. The smallest absolute Gasteiger partial charge is 0.314 e. The number of hydrogen-bond acceptors (Lipinski definition) is 5. The highest BCUT2D eigenvalue weighted by Gasteiger charge is 2.37. The summed E-state index contributed by atoms with van der Waals surface area (Å²) in [5, 5.41) is 0. The summed E-state index contributed by atoms with van der Waals surface area (Å²) in [5.41, 5.74) is -2.16. The number of ether oxygens (including phenoxy) is 2. The molecule has 35 heavy (non-hydrogen) atoms. The molecule has 1 unspecified atom stereocenters. The van der Waals surface area contributed by atoms with E-state index in [9.17, 15) is 22.4 Å². The molecule has 2 aromatic rings. The molecule has 1 aliphatic carbocycles. The molecule has 1 aromatic heterocycles. The van der Waals surface area contributed by atoms with Crippen LogP contribution in [0, 0.1) is 28.7 Å². The van der Waals surface area contributed by atoms with E-state index >= 15 is 0 Å². The Labute approximate surface area is 203 Å². The van der Waals surface area contributed by atoms with Gasteiger partial charge in [0.25, 0.3) is 0 Å². The largest absolute Gasteiger partial charge is 0.460 e.